The van der Waals surface area contributed by atoms with Crippen LogP contribution in [0, 0.1) is 5.82 Å². The third kappa shape index (κ3) is 5.01. The summed E-state index contributed by atoms with van der Waals surface area (Å²) in [6, 6.07) is 14.1. The van der Waals surface area contributed by atoms with Crippen molar-refractivity contribution in [1.82, 2.24) is 4.98 Å². The Morgan fingerprint density at radius 3 is 2.22 bits per heavy atom. The Labute approximate surface area is 157 Å². The molecule has 0 radical (unpaired) electrons. The lowest BCUT2D eigenvalue weighted by molar-refractivity contribution is 0.115. The van der Waals surface area contributed by atoms with Gasteiger partial charge in [0.05, 0.1) is 18.8 Å². The molecule has 0 unspecified atom stereocenters. The van der Waals surface area contributed by atoms with Crippen molar-refractivity contribution < 1.29 is 19.0 Å². The van der Waals surface area contributed by atoms with Gasteiger partial charge in [0.2, 0.25) is 0 Å². The Hall–Kier alpha value is -2.54. The minimum absolute atomic E-state index is 0.253. The summed E-state index contributed by atoms with van der Waals surface area (Å²) in [5.74, 6) is 0.302. The van der Waals surface area contributed by atoms with E-state index >= 15 is 0 Å². The molecule has 3 aromatic rings. The Bertz CT molecular complexity index is 856. The molecule has 0 fully saturated rings. The lowest BCUT2D eigenvalue weighted by Crippen LogP contribution is -2.47. The van der Waals surface area contributed by atoms with Gasteiger partial charge in [0.15, 0.2) is 5.89 Å². The minimum Gasteiger partial charge on any atom is -0.448 e. The van der Waals surface area contributed by atoms with E-state index in [0.717, 1.165) is 22.4 Å². The molecule has 5 nitrogen and oxygen atoms in total. The first-order valence-corrected chi connectivity index (χ1v) is 8.80. The summed E-state index contributed by atoms with van der Waals surface area (Å²) in [6.07, 6.45) is 3.26. The average molecular weight is 370 g/mol. The van der Waals surface area contributed by atoms with E-state index in [2.05, 4.69) is 4.98 Å². The third-order valence-electron chi connectivity index (χ3n) is 4.61. The van der Waals surface area contributed by atoms with Gasteiger partial charge >= 0.3 is 0 Å². The number of nitrogens with zero attached hydrogens (tertiary/aromatic N) is 1. The molecular formula is C21H23FN2O3. The van der Waals surface area contributed by atoms with E-state index in [0.29, 0.717) is 25.2 Å². The monoisotopic (exact) mass is 370 g/mol. The first kappa shape index (κ1) is 19.2. The van der Waals surface area contributed by atoms with E-state index in [9.17, 15) is 14.6 Å². The van der Waals surface area contributed by atoms with Crippen molar-refractivity contribution in [3.8, 4) is 11.3 Å². The number of benzene rings is 2. The Kier molecular flexibility index (Phi) is 6.01. The van der Waals surface area contributed by atoms with E-state index in [1.165, 1.54) is 12.1 Å². The van der Waals surface area contributed by atoms with E-state index < -0.39 is 5.54 Å². The maximum Gasteiger partial charge on any atom is 0.198 e. The zero-order valence-corrected chi connectivity index (χ0v) is 14.9. The number of aryl methyl sites for hydroxylation is 1. The molecule has 0 amide bonds. The largest absolute Gasteiger partial charge is 0.448 e. The number of hydrogen-bond acceptors (Lipinski definition) is 5. The van der Waals surface area contributed by atoms with Gasteiger partial charge in [0.25, 0.3) is 0 Å². The lowest BCUT2D eigenvalue weighted by Gasteiger charge is -2.24. The van der Waals surface area contributed by atoms with Crippen molar-refractivity contribution in [3.05, 3.63) is 77.6 Å². The van der Waals surface area contributed by atoms with Crippen LogP contribution in [0.15, 0.2) is 59.2 Å². The van der Waals surface area contributed by atoms with Crippen molar-refractivity contribution in [1.29, 1.82) is 0 Å². The maximum atomic E-state index is 13.0. The molecule has 142 valence electrons. The van der Waals surface area contributed by atoms with Crippen LogP contribution < -0.4 is 5.73 Å². The van der Waals surface area contributed by atoms with Crippen molar-refractivity contribution >= 4 is 0 Å². The summed E-state index contributed by atoms with van der Waals surface area (Å²) in [6.45, 7) is -0.505. The van der Waals surface area contributed by atoms with Gasteiger partial charge in [0.1, 0.15) is 17.8 Å². The van der Waals surface area contributed by atoms with Crippen LogP contribution in [0.1, 0.15) is 23.4 Å². The van der Waals surface area contributed by atoms with Gasteiger partial charge in [-0.1, -0.05) is 36.4 Å². The number of hydrogen-bond donors (Lipinski definition) is 3. The second-order valence-corrected chi connectivity index (χ2v) is 6.81. The fraction of sp³-hybridized carbons (Fsp3) is 0.286. The fourth-order valence-electron chi connectivity index (χ4n) is 2.75. The molecule has 27 heavy (non-hydrogen) atoms. The first-order valence-electron chi connectivity index (χ1n) is 8.80. The Morgan fingerprint density at radius 1 is 0.963 bits per heavy atom. The van der Waals surface area contributed by atoms with Crippen molar-refractivity contribution in [3.63, 3.8) is 0 Å². The number of halogens is 1. The molecule has 2 aromatic carbocycles. The number of aliphatic hydroxyl groups is 2. The van der Waals surface area contributed by atoms with Crippen LogP contribution in [0.5, 0.6) is 0 Å². The summed E-state index contributed by atoms with van der Waals surface area (Å²) in [5.41, 5.74) is 8.59. The summed E-state index contributed by atoms with van der Waals surface area (Å²) in [4.78, 5) is 4.49. The van der Waals surface area contributed by atoms with Gasteiger partial charge < -0.3 is 20.4 Å². The van der Waals surface area contributed by atoms with Crippen molar-refractivity contribution in [2.45, 2.75) is 24.8 Å². The molecular weight excluding hydrogens is 347 g/mol. The van der Waals surface area contributed by atoms with Crippen LogP contribution in [0.3, 0.4) is 0 Å². The number of aromatic nitrogens is 1. The maximum absolute atomic E-state index is 13.0. The smallest absolute Gasteiger partial charge is 0.198 e. The van der Waals surface area contributed by atoms with Crippen LogP contribution in [0.25, 0.3) is 11.3 Å². The molecule has 3 rings (SSSR count). The molecule has 4 N–H and O–H groups in total. The van der Waals surface area contributed by atoms with Gasteiger partial charge in [-0.25, -0.2) is 9.37 Å². The van der Waals surface area contributed by atoms with E-state index in [1.54, 1.807) is 18.4 Å². The van der Waals surface area contributed by atoms with Crippen molar-refractivity contribution in [2.75, 3.05) is 13.2 Å². The zero-order chi connectivity index (χ0) is 19.3. The van der Waals surface area contributed by atoms with Crippen molar-refractivity contribution in [2.24, 2.45) is 5.73 Å². The zero-order valence-electron chi connectivity index (χ0n) is 14.9. The third-order valence-corrected chi connectivity index (χ3v) is 4.61. The molecule has 0 saturated heterocycles. The SMILES string of the molecule is NC(CO)(CO)CCc1ccc(-c2coc(Cc3ccc(F)cc3)n2)cc1. The second-order valence-electron chi connectivity index (χ2n) is 6.81. The van der Waals surface area contributed by atoms with Gasteiger partial charge in [-0.3, -0.25) is 0 Å². The highest BCUT2D eigenvalue weighted by atomic mass is 19.1. The minimum atomic E-state index is -0.958. The Balaban J connectivity index is 1.63. The number of oxazole rings is 1. The highest BCUT2D eigenvalue weighted by molar-refractivity contribution is 5.58. The average Bonchev–Trinajstić information content (AvgIpc) is 3.17. The van der Waals surface area contributed by atoms with Gasteiger partial charge in [-0.2, -0.15) is 0 Å². The highest BCUT2D eigenvalue weighted by Gasteiger charge is 2.22. The van der Waals surface area contributed by atoms with Crippen LogP contribution in [0.2, 0.25) is 0 Å². The molecule has 0 aliphatic rings. The lowest BCUT2D eigenvalue weighted by atomic mass is 9.93. The summed E-state index contributed by atoms with van der Waals surface area (Å²) in [5, 5.41) is 18.5. The van der Waals surface area contributed by atoms with Crippen LogP contribution in [-0.4, -0.2) is 33.9 Å². The molecule has 6 heteroatoms. The van der Waals surface area contributed by atoms with Gasteiger partial charge in [0, 0.05) is 12.0 Å². The number of aliphatic hydroxyl groups excluding tert-OH is 2. The highest BCUT2D eigenvalue weighted by Crippen LogP contribution is 2.22. The summed E-state index contributed by atoms with van der Waals surface area (Å²) in [7, 11) is 0. The van der Waals surface area contributed by atoms with E-state index in [-0.39, 0.29) is 19.0 Å². The summed E-state index contributed by atoms with van der Waals surface area (Å²) < 4.78 is 18.5. The first-order chi connectivity index (χ1) is 13.0. The van der Waals surface area contributed by atoms with Gasteiger partial charge in [-0.05, 0) is 36.1 Å². The molecule has 0 atom stereocenters. The number of rotatable bonds is 8. The predicted molar refractivity (Wildman–Crippen MR) is 101 cm³/mol. The van der Waals surface area contributed by atoms with E-state index in [4.69, 9.17) is 10.2 Å². The molecule has 0 aliphatic heterocycles. The topological polar surface area (TPSA) is 92.5 Å². The molecule has 0 aliphatic carbocycles. The van der Waals surface area contributed by atoms with Crippen LogP contribution in [0.4, 0.5) is 4.39 Å². The fourth-order valence-corrected chi connectivity index (χ4v) is 2.75. The predicted octanol–water partition coefficient (Wildman–Crippen LogP) is 2.69. The Morgan fingerprint density at radius 2 is 1.59 bits per heavy atom. The molecule has 0 spiro atoms. The quantitative estimate of drug-likeness (QED) is 0.567. The van der Waals surface area contributed by atoms with Crippen LogP contribution in [-0.2, 0) is 12.8 Å². The number of nitrogens with two attached hydrogens (primary N) is 1. The standard InChI is InChI=1S/C21H23FN2O3/c22-18-7-3-16(4-8-18)11-20-24-19(12-27-20)17-5-1-15(2-6-17)9-10-21(23,13-25)14-26/h1-8,12,25-26H,9-11,13-14,23H2. The second kappa shape index (κ2) is 8.43. The molecule has 0 bridgehead atoms. The normalized spacial score (nSPS) is 11.7. The molecule has 0 saturated carbocycles. The molecule has 1 aromatic heterocycles. The molecule has 1 heterocycles. The summed E-state index contributed by atoms with van der Waals surface area (Å²) >= 11 is 0. The van der Waals surface area contributed by atoms with E-state index in [1.807, 2.05) is 24.3 Å². The van der Waals surface area contributed by atoms with Gasteiger partial charge in [-0.15, -0.1) is 0 Å². The van der Waals surface area contributed by atoms with Crippen LogP contribution >= 0.6 is 0 Å².